The average Bonchev–Trinajstić information content (AvgIpc) is 2.33. The van der Waals surface area contributed by atoms with Crippen molar-refractivity contribution < 1.29 is 9.90 Å². The Morgan fingerprint density at radius 3 is 2.88 bits per heavy atom. The second-order valence-corrected chi connectivity index (χ2v) is 4.73. The highest BCUT2D eigenvalue weighted by Gasteiger charge is 2.35. The Bertz CT molecular complexity index is 441. The van der Waals surface area contributed by atoms with Gasteiger partial charge in [0.2, 0.25) is 5.91 Å². The number of β-amino-alcohol motifs (C(OH)–C–C–N with tert-alkyl or cyclic N) is 1. The fourth-order valence-corrected chi connectivity index (χ4v) is 2.54. The van der Waals surface area contributed by atoms with Crippen LogP contribution in [-0.2, 0) is 11.2 Å². The van der Waals surface area contributed by atoms with E-state index in [9.17, 15) is 9.90 Å². The molecule has 1 aromatic rings. The predicted molar refractivity (Wildman–Crippen MR) is 63.5 cm³/mol. The molecule has 2 aliphatic rings. The number of fused-ring (bicyclic) bond motifs is 1. The van der Waals surface area contributed by atoms with Gasteiger partial charge < -0.3 is 15.3 Å². The molecule has 4 heteroatoms. The Morgan fingerprint density at radius 1 is 1.35 bits per heavy atom. The van der Waals surface area contributed by atoms with Crippen LogP contribution in [0.3, 0.4) is 0 Å². The number of nitrogens with zero attached hydrogens (tertiary/aromatic N) is 1. The molecule has 1 aromatic carbocycles. The van der Waals surface area contributed by atoms with E-state index in [4.69, 9.17) is 0 Å². The lowest BCUT2D eigenvalue weighted by Crippen LogP contribution is -2.57. The van der Waals surface area contributed by atoms with E-state index in [0.29, 0.717) is 13.1 Å². The van der Waals surface area contributed by atoms with Crippen LogP contribution in [0.1, 0.15) is 17.2 Å². The first kappa shape index (κ1) is 10.7. The van der Waals surface area contributed by atoms with Gasteiger partial charge in [-0.1, -0.05) is 24.3 Å². The summed E-state index contributed by atoms with van der Waals surface area (Å²) in [6, 6.07) is 7.85. The van der Waals surface area contributed by atoms with Crippen LogP contribution in [0.4, 0.5) is 0 Å². The van der Waals surface area contributed by atoms with Crippen LogP contribution < -0.4 is 5.32 Å². The number of aliphatic hydroxyl groups excluding tert-OH is 1. The molecule has 2 heterocycles. The second kappa shape index (κ2) is 4.13. The van der Waals surface area contributed by atoms with Gasteiger partial charge in [-0.25, -0.2) is 0 Å². The number of carbonyl (C=O) groups is 1. The van der Waals surface area contributed by atoms with E-state index in [1.165, 1.54) is 5.56 Å². The number of carbonyl (C=O) groups excluding carboxylic acids is 1. The summed E-state index contributed by atoms with van der Waals surface area (Å²) < 4.78 is 0. The van der Waals surface area contributed by atoms with E-state index in [0.717, 1.165) is 18.5 Å². The van der Waals surface area contributed by atoms with Gasteiger partial charge in [-0.3, -0.25) is 4.79 Å². The first-order valence-corrected chi connectivity index (χ1v) is 6.04. The molecule has 0 aromatic heterocycles. The third-order valence-corrected chi connectivity index (χ3v) is 3.53. The standard InChI is InChI=1S/C13H16N2O2/c16-10-7-15(8-10)13(17)12-11-4-2-1-3-9(11)5-6-14-12/h1-4,10,12,14,16H,5-8H2. The average molecular weight is 232 g/mol. The number of amides is 1. The van der Waals surface area contributed by atoms with Gasteiger partial charge in [0.05, 0.1) is 6.10 Å². The molecule has 2 aliphatic heterocycles. The zero-order valence-corrected chi connectivity index (χ0v) is 9.60. The number of hydrogen-bond acceptors (Lipinski definition) is 3. The highest BCUT2D eigenvalue weighted by molar-refractivity contribution is 5.84. The van der Waals surface area contributed by atoms with Crippen LogP contribution in [0.15, 0.2) is 24.3 Å². The molecule has 3 rings (SSSR count). The normalized spacial score (nSPS) is 24.1. The summed E-state index contributed by atoms with van der Waals surface area (Å²) in [7, 11) is 0. The number of hydrogen-bond donors (Lipinski definition) is 2. The van der Waals surface area contributed by atoms with Gasteiger partial charge in [0.25, 0.3) is 0 Å². The number of aliphatic hydroxyl groups is 1. The van der Waals surface area contributed by atoms with E-state index in [1.54, 1.807) is 4.90 Å². The quantitative estimate of drug-likeness (QED) is 0.721. The molecule has 1 amide bonds. The summed E-state index contributed by atoms with van der Waals surface area (Å²) >= 11 is 0. The van der Waals surface area contributed by atoms with E-state index >= 15 is 0 Å². The minimum absolute atomic E-state index is 0.0856. The lowest BCUT2D eigenvalue weighted by atomic mass is 9.93. The van der Waals surface area contributed by atoms with Gasteiger partial charge in [-0.15, -0.1) is 0 Å². The van der Waals surface area contributed by atoms with Crippen LogP contribution in [0.5, 0.6) is 0 Å². The molecule has 0 radical (unpaired) electrons. The predicted octanol–water partition coefficient (Wildman–Crippen LogP) is 0.0765. The van der Waals surface area contributed by atoms with Crippen molar-refractivity contribution in [3.8, 4) is 0 Å². The zero-order valence-electron chi connectivity index (χ0n) is 9.60. The van der Waals surface area contributed by atoms with E-state index < -0.39 is 0 Å². The van der Waals surface area contributed by atoms with Gasteiger partial charge in [0, 0.05) is 19.6 Å². The molecule has 17 heavy (non-hydrogen) atoms. The minimum Gasteiger partial charge on any atom is -0.389 e. The Morgan fingerprint density at radius 2 is 2.12 bits per heavy atom. The molecule has 0 spiro atoms. The molecule has 1 atom stereocenters. The Kier molecular flexibility index (Phi) is 2.61. The maximum absolute atomic E-state index is 12.2. The zero-order chi connectivity index (χ0) is 11.8. The van der Waals surface area contributed by atoms with Crippen LogP contribution in [0, 0.1) is 0 Å². The molecule has 2 N–H and O–H groups in total. The lowest BCUT2D eigenvalue weighted by molar-refractivity contribution is -0.143. The van der Waals surface area contributed by atoms with Crippen LogP contribution >= 0.6 is 0 Å². The lowest BCUT2D eigenvalue weighted by Gasteiger charge is -2.39. The fraction of sp³-hybridized carbons (Fsp3) is 0.462. The van der Waals surface area contributed by atoms with Crippen LogP contribution in [0.25, 0.3) is 0 Å². The van der Waals surface area contributed by atoms with Crippen molar-refractivity contribution in [2.75, 3.05) is 19.6 Å². The maximum atomic E-state index is 12.2. The molecule has 1 fully saturated rings. The van der Waals surface area contributed by atoms with Crippen molar-refractivity contribution in [3.63, 3.8) is 0 Å². The molecule has 0 aliphatic carbocycles. The van der Waals surface area contributed by atoms with Crippen molar-refractivity contribution in [2.24, 2.45) is 0 Å². The molecule has 1 unspecified atom stereocenters. The first-order chi connectivity index (χ1) is 8.25. The van der Waals surface area contributed by atoms with E-state index in [-0.39, 0.29) is 18.1 Å². The van der Waals surface area contributed by atoms with Crippen molar-refractivity contribution in [1.29, 1.82) is 0 Å². The second-order valence-electron chi connectivity index (χ2n) is 4.73. The highest BCUT2D eigenvalue weighted by atomic mass is 16.3. The molecular weight excluding hydrogens is 216 g/mol. The largest absolute Gasteiger partial charge is 0.389 e. The Labute approximate surface area is 100 Å². The molecule has 0 bridgehead atoms. The van der Waals surface area contributed by atoms with Crippen LogP contribution in [0.2, 0.25) is 0 Å². The molecule has 1 saturated heterocycles. The van der Waals surface area contributed by atoms with Gasteiger partial charge in [0.15, 0.2) is 0 Å². The smallest absolute Gasteiger partial charge is 0.244 e. The Balaban J connectivity index is 1.83. The van der Waals surface area contributed by atoms with Crippen molar-refractivity contribution in [1.82, 2.24) is 10.2 Å². The van der Waals surface area contributed by atoms with Gasteiger partial charge >= 0.3 is 0 Å². The monoisotopic (exact) mass is 232 g/mol. The Hall–Kier alpha value is -1.39. The van der Waals surface area contributed by atoms with Crippen LogP contribution in [-0.4, -0.2) is 41.7 Å². The van der Waals surface area contributed by atoms with Crippen molar-refractivity contribution in [3.05, 3.63) is 35.4 Å². The SMILES string of the molecule is O=C(C1NCCc2ccccc21)N1CC(O)C1. The number of nitrogens with one attached hydrogen (secondary N) is 1. The van der Waals surface area contributed by atoms with Crippen molar-refractivity contribution in [2.45, 2.75) is 18.6 Å². The summed E-state index contributed by atoms with van der Waals surface area (Å²) in [4.78, 5) is 14.0. The van der Waals surface area contributed by atoms with Gasteiger partial charge in [-0.05, 0) is 17.5 Å². The fourth-order valence-electron chi connectivity index (χ4n) is 2.54. The third kappa shape index (κ3) is 1.83. The number of rotatable bonds is 1. The molecule has 0 saturated carbocycles. The third-order valence-electron chi connectivity index (χ3n) is 3.53. The molecular formula is C13H16N2O2. The topological polar surface area (TPSA) is 52.6 Å². The van der Waals surface area contributed by atoms with Gasteiger partial charge in [-0.2, -0.15) is 0 Å². The summed E-state index contributed by atoms with van der Waals surface area (Å²) in [5.74, 6) is 0.0856. The van der Waals surface area contributed by atoms with Gasteiger partial charge in [0.1, 0.15) is 6.04 Å². The molecule has 4 nitrogen and oxygen atoms in total. The maximum Gasteiger partial charge on any atom is 0.244 e. The first-order valence-electron chi connectivity index (χ1n) is 6.04. The number of likely N-dealkylation sites (tertiary alicyclic amines) is 1. The summed E-state index contributed by atoms with van der Waals surface area (Å²) in [5, 5.41) is 12.5. The molecule has 90 valence electrons. The summed E-state index contributed by atoms with van der Waals surface area (Å²) in [6.07, 6.45) is 0.639. The van der Waals surface area contributed by atoms with Crippen molar-refractivity contribution >= 4 is 5.91 Å². The summed E-state index contributed by atoms with van der Waals surface area (Å²) in [6.45, 7) is 1.78. The summed E-state index contributed by atoms with van der Waals surface area (Å²) in [5.41, 5.74) is 2.34. The minimum atomic E-state index is -0.335. The number of benzene rings is 1. The van der Waals surface area contributed by atoms with E-state index in [2.05, 4.69) is 11.4 Å². The highest BCUT2D eigenvalue weighted by Crippen LogP contribution is 2.25. The van der Waals surface area contributed by atoms with E-state index in [1.807, 2.05) is 18.2 Å².